The van der Waals surface area contributed by atoms with Crippen LogP contribution in [-0.4, -0.2) is 31.1 Å². The number of rotatable bonds is 3. The Kier molecular flexibility index (Phi) is 4.88. The molecule has 3 fully saturated rings. The van der Waals surface area contributed by atoms with Crippen LogP contribution in [0.15, 0.2) is 24.3 Å². The zero-order valence-electron chi connectivity index (χ0n) is 17.2. The van der Waals surface area contributed by atoms with Crippen LogP contribution < -0.4 is 10.1 Å². The number of esters is 1. The highest BCUT2D eigenvalue weighted by Gasteiger charge is 2.58. The van der Waals surface area contributed by atoms with E-state index in [-0.39, 0.29) is 41.3 Å². The lowest BCUT2D eigenvalue weighted by atomic mass is 9.52. The van der Waals surface area contributed by atoms with Crippen molar-refractivity contribution in [3.05, 3.63) is 29.8 Å². The molecule has 1 aliphatic heterocycles. The molecule has 5 nitrogen and oxygen atoms in total. The van der Waals surface area contributed by atoms with Crippen molar-refractivity contribution in [2.45, 2.75) is 58.6 Å². The molecular formula is C23H31NO4. The standard InChI is InChI=1S/C23H31NO4/c1-13-17-9-11-23(3)12-10-18(14(2)19(23)20(17)28-22(13)26)24-21(25)15-5-7-16(27-4)8-6-15/h5-8,13-14,17-20H,9-12H2,1-4H3,(H,24,25)/t13-,14-,17-,18-,19+,20+,23+/m0/s1. The normalized spacial score (nSPS) is 39.5. The molecule has 0 bridgehead atoms. The molecule has 4 rings (SSSR count). The maximum absolute atomic E-state index is 12.8. The van der Waals surface area contributed by atoms with Crippen LogP contribution in [0, 0.1) is 29.1 Å². The smallest absolute Gasteiger partial charge is 0.309 e. The highest BCUT2D eigenvalue weighted by molar-refractivity contribution is 5.94. The van der Waals surface area contributed by atoms with E-state index in [4.69, 9.17) is 9.47 Å². The van der Waals surface area contributed by atoms with E-state index in [1.807, 2.05) is 6.92 Å². The lowest BCUT2D eigenvalue weighted by Crippen LogP contribution is -2.57. The Morgan fingerprint density at radius 3 is 2.54 bits per heavy atom. The van der Waals surface area contributed by atoms with Gasteiger partial charge in [0.05, 0.1) is 13.0 Å². The number of hydrogen-bond acceptors (Lipinski definition) is 4. The van der Waals surface area contributed by atoms with E-state index >= 15 is 0 Å². The number of hydrogen-bond donors (Lipinski definition) is 1. The molecule has 7 atom stereocenters. The molecule has 2 aliphatic carbocycles. The Hall–Kier alpha value is -2.04. The second-order valence-corrected chi connectivity index (χ2v) is 9.28. The predicted octanol–water partition coefficient (Wildman–Crippen LogP) is 3.82. The number of ether oxygens (including phenoxy) is 2. The first kappa shape index (κ1) is 19.3. The molecule has 0 spiro atoms. The summed E-state index contributed by atoms with van der Waals surface area (Å²) in [5, 5.41) is 3.25. The molecule has 1 heterocycles. The van der Waals surface area contributed by atoms with Gasteiger partial charge in [0, 0.05) is 23.4 Å². The number of carbonyl (C=O) groups is 2. The van der Waals surface area contributed by atoms with E-state index in [9.17, 15) is 9.59 Å². The van der Waals surface area contributed by atoms with Crippen molar-refractivity contribution in [1.82, 2.24) is 5.32 Å². The van der Waals surface area contributed by atoms with Crippen LogP contribution in [0.25, 0.3) is 0 Å². The summed E-state index contributed by atoms with van der Waals surface area (Å²) in [5.41, 5.74) is 0.829. The summed E-state index contributed by atoms with van der Waals surface area (Å²) in [5.74, 6) is 1.54. The van der Waals surface area contributed by atoms with E-state index in [1.165, 1.54) is 0 Å². The van der Waals surface area contributed by atoms with Gasteiger partial charge >= 0.3 is 5.97 Å². The first-order valence-corrected chi connectivity index (χ1v) is 10.5. The predicted molar refractivity (Wildman–Crippen MR) is 106 cm³/mol. The van der Waals surface area contributed by atoms with Crippen LogP contribution >= 0.6 is 0 Å². The molecule has 152 valence electrons. The number of fused-ring (bicyclic) bond motifs is 3. The third kappa shape index (κ3) is 3.09. The summed E-state index contributed by atoms with van der Waals surface area (Å²) in [6.07, 6.45) is 4.24. The fourth-order valence-electron chi connectivity index (χ4n) is 6.02. The van der Waals surface area contributed by atoms with Gasteiger partial charge in [0.2, 0.25) is 0 Å². The van der Waals surface area contributed by atoms with Gasteiger partial charge in [-0.1, -0.05) is 20.8 Å². The minimum atomic E-state index is -0.0488. The summed E-state index contributed by atoms with van der Waals surface area (Å²) < 4.78 is 11.1. The third-order valence-electron chi connectivity index (χ3n) is 7.79. The first-order valence-electron chi connectivity index (χ1n) is 10.5. The van der Waals surface area contributed by atoms with Crippen LogP contribution in [-0.2, 0) is 9.53 Å². The monoisotopic (exact) mass is 385 g/mol. The SMILES string of the molecule is COc1ccc(C(=O)N[C@H]2CC[C@@]3(C)CC[C@@H]4[C@@H](OC(=O)[C@H]4C)[C@H]3[C@H]2C)cc1. The van der Waals surface area contributed by atoms with E-state index in [2.05, 4.69) is 19.2 Å². The summed E-state index contributed by atoms with van der Waals surface area (Å²) in [7, 11) is 1.61. The second-order valence-electron chi connectivity index (χ2n) is 9.28. The highest BCUT2D eigenvalue weighted by atomic mass is 16.6. The van der Waals surface area contributed by atoms with Gasteiger partial charge in [-0.2, -0.15) is 0 Å². The van der Waals surface area contributed by atoms with Crippen LogP contribution in [0.5, 0.6) is 5.75 Å². The molecule has 1 saturated heterocycles. The molecule has 1 aromatic rings. The van der Waals surface area contributed by atoms with E-state index in [0.29, 0.717) is 17.4 Å². The van der Waals surface area contributed by atoms with Crippen molar-refractivity contribution in [3.8, 4) is 5.75 Å². The molecule has 5 heteroatoms. The Morgan fingerprint density at radius 2 is 1.86 bits per heavy atom. The minimum Gasteiger partial charge on any atom is -0.497 e. The van der Waals surface area contributed by atoms with Crippen molar-refractivity contribution >= 4 is 11.9 Å². The van der Waals surface area contributed by atoms with Gasteiger partial charge in [0.15, 0.2) is 0 Å². The number of methoxy groups -OCH3 is 1. The number of amides is 1. The Morgan fingerprint density at radius 1 is 1.18 bits per heavy atom. The third-order valence-corrected chi connectivity index (χ3v) is 7.79. The van der Waals surface area contributed by atoms with E-state index in [1.54, 1.807) is 31.4 Å². The molecule has 1 aromatic carbocycles. The van der Waals surface area contributed by atoms with Crippen molar-refractivity contribution in [2.75, 3.05) is 7.11 Å². The topological polar surface area (TPSA) is 64.6 Å². The Balaban J connectivity index is 1.51. The average molecular weight is 386 g/mol. The number of benzene rings is 1. The molecule has 0 unspecified atom stereocenters. The van der Waals surface area contributed by atoms with E-state index in [0.717, 1.165) is 31.4 Å². The summed E-state index contributed by atoms with van der Waals surface area (Å²) in [4.78, 5) is 25.0. The van der Waals surface area contributed by atoms with Crippen molar-refractivity contribution in [2.24, 2.45) is 29.1 Å². The minimum absolute atomic E-state index is 0.00283. The molecule has 0 radical (unpaired) electrons. The maximum Gasteiger partial charge on any atom is 0.309 e. The maximum atomic E-state index is 12.8. The summed E-state index contributed by atoms with van der Waals surface area (Å²) in [6.45, 7) is 6.58. The zero-order valence-corrected chi connectivity index (χ0v) is 17.2. The molecule has 3 aliphatic rings. The molecule has 1 amide bonds. The number of carbonyl (C=O) groups excluding carboxylic acids is 2. The van der Waals surface area contributed by atoms with Crippen LogP contribution in [0.1, 0.15) is 56.8 Å². The van der Waals surface area contributed by atoms with Gasteiger partial charge in [-0.05, 0) is 61.3 Å². The molecule has 0 aromatic heterocycles. The second kappa shape index (κ2) is 7.09. The Bertz CT molecular complexity index is 760. The van der Waals surface area contributed by atoms with Gasteiger partial charge in [-0.25, -0.2) is 0 Å². The Labute approximate surface area is 167 Å². The van der Waals surface area contributed by atoms with Gasteiger partial charge < -0.3 is 14.8 Å². The molecular weight excluding hydrogens is 354 g/mol. The first-order chi connectivity index (χ1) is 13.3. The van der Waals surface area contributed by atoms with Crippen molar-refractivity contribution in [1.29, 1.82) is 0 Å². The zero-order chi connectivity index (χ0) is 20.1. The van der Waals surface area contributed by atoms with Crippen molar-refractivity contribution in [3.63, 3.8) is 0 Å². The van der Waals surface area contributed by atoms with Crippen LogP contribution in [0.4, 0.5) is 0 Å². The average Bonchev–Trinajstić information content (AvgIpc) is 2.97. The summed E-state index contributed by atoms with van der Waals surface area (Å²) >= 11 is 0. The van der Waals surface area contributed by atoms with Crippen LogP contribution in [0.2, 0.25) is 0 Å². The van der Waals surface area contributed by atoms with Gasteiger partial charge in [0.1, 0.15) is 11.9 Å². The lowest BCUT2D eigenvalue weighted by Gasteiger charge is -2.54. The fourth-order valence-corrected chi connectivity index (χ4v) is 6.02. The fraction of sp³-hybridized carbons (Fsp3) is 0.652. The van der Waals surface area contributed by atoms with Gasteiger partial charge in [-0.15, -0.1) is 0 Å². The lowest BCUT2D eigenvalue weighted by molar-refractivity contribution is -0.153. The summed E-state index contributed by atoms with van der Waals surface area (Å²) in [6, 6.07) is 7.30. The highest BCUT2D eigenvalue weighted by Crippen LogP contribution is 2.57. The van der Waals surface area contributed by atoms with E-state index < -0.39 is 0 Å². The van der Waals surface area contributed by atoms with Crippen LogP contribution in [0.3, 0.4) is 0 Å². The largest absolute Gasteiger partial charge is 0.497 e. The quantitative estimate of drug-likeness (QED) is 0.804. The molecule has 1 N–H and O–H groups in total. The van der Waals surface area contributed by atoms with Crippen molar-refractivity contribution < 1.29 is 19.1 Å². The number of nitrogens with one attached hydrogen (secondary N) is 1. The van der Waals surface area contributed by atoms with Gasteiger partial charge in [0.25, 0.3) is 5.91 Å². The van der Waals surface area contributed by atoms with Gasteiger partial charge in [-0.3, -0.25) is 9.59 Å². The molecule has 2 saturated carbocycles. The molecule has 28 heavy (non-hydrogen) atoms.